The van der Waals surface area contributed by atoms with E-state index in [0.717, 1.165) is 83.5 Å². The largest absolute Gasteiger partial charge is 0.394 e. The minimum atomic E-state index is -1.99. The molecule has 0 radical (unpaired) electrons. The second-order valence-corrected chi connectivity index (χ2v) is 21.8. The number of aliphatic hydroxyl groups excluding tert-OH is 11. The summed E-state index contributed by atoms with van der Waals surface area (Å²) in [6, 6.07) is -1.01. The Morgan fingerprint density at radius 3 is 1.37 bits per heavy atom. The number of hydrogen-bond donors (Lipinski definition) is 12. The molecule has 12 N–H and O–H groups in total. The van der Waals surface area contributed by atoms with Crippen LogP contribution in [0.2, 0.25) is 0 Å². The highest BCUT2D eigenvalue weighted by Gasteiger charge is 2.53. The minimum Gasteiger partial charge on any atom is -0.394 e. The van der Waals surface area contributed by atoms with E-state index in [-0.39, 0.29) is 18.9 Å². The van der Waals surface area contributed by atoms with E-state index in [1.807, 2.05) is 6.08 Å². The molecule has 3 rings (SSSR count). The fraction of sp³-hybridized carbons (Fsp3) is 0.762. The fourth-order valence-electron chi connectivity index (χ4n) is 9.88. The van der Waals surface area contributed by atoms with E-state index >= 15 is 0 Å². The highest BCUT2D eigenvalue weighted by Crippen LogP contribution is 2.33. The Labute approximate surface area is 489 Å². The van der Waals surface area contributed by atoms with Crippen LogP contribution in [-0.2, 0) is 33.2 Å². The van der Waals surface area contributed by atoms with Crippen LogP contribution in [0.3, 0.4) is 0 Å². The summed E-state index contributed by atoms with van der Waals surface area (Å²) in [6.07, 6.45) is 28.4. The average Bonchev–Trinajstić information content (AvgIpc) is 3.40. The third kappa shape index (κ3) is 28.4. The van der Waals surface area contributed by atoms with Crippen molar-refractivity contribution in [1.29, 1.82) is 0 Å². The number of aliphatic hydroxyl groups is 11. The van der Waals surface area contributed by atoms with Gasteiger partial charge in [-0.15, -0.1) is 0 Å². The first kappa shape index (κ1) is 73.2. The van der Waals surface area contributed by atoms with Crippen molar-refractivity contribution in [2.24, 2.45) is 0 Å². The molecular formula is C63H107NO18. The zero-order valence-corrected chi connectivity index (χ0v) is 49.2. The molecule has 0 aromatic carbocycles. The van der Waals surface area contributed by atoms with Crippen LogP contribution in [0.5, 0.6) is 0 Å². The Morgan fingerprint density at radius 1 is 0.451 bits per heavy atom. The van der Waals surface area contributed by atoms with Crippen molar-refractivity contribution < 1.29 is 89.4 Å². The van der Waals surface area contributed by atoms with Gasteiger partial charge in [0, 0.05) is 6.42 Å². The molecular weight excluding hydrogens is 1060 g/mol. The summed E-state index contributed by atoms with van der Waals surface area (Å²) in [7, 11) is 0. The van der Waals surface area contributed by atoms with Crippen molar-refractivity contribution in [2.75, 3.05) is 26.4 Å². The van der Waals surface area contributed by atoms with Crippen LogP contribution < -0.4 is 5.32 Å². The molecule has 0 saturated carbocycles. The van der Waals surface area contributed by atoms with Gasteiger partial charge in [0.15, 0.2) is 18.9 Å². The quantitative estimate of drug-likeness (QED) is 0.0247. The normalized spacial score (nSPS) is 30.2. The highest BCUT2D eigenvalue weighted by molar-refractivity contribution is 5.76. The van der Waals surface area contributed by atoms with Crippen LogP contribution in [-0.4, -0.2) is 193 Å². The molecule has 0 aliphatic carbocycles. The number of unbranched alkanes of at least 4 members (excludes halogenated alkanes) is 16. The van der Waals surface area contributed by atoms with Crippen molar-refractivity contribution in [3.05, 3.63) is 85.1 Å². The summed E-state index contributed by atoms with van der Waals surface area (Å²) in [5, 5.41) is 120. The first-order valence-corrected chi connectivity index (χ1v) is 30.8. The molecule has 17 atom stereocenters. The second kappa shape index (κ2) is 45.3. The van der Waals surface area contributed by atoms with E-state index in [4.69, 9.17) is 28.4 Å². The molecule has 472 valence electrons. The molecule has 3 aliphatic rings. The molecule has 19 nitrogen and oxygen atoms in total. The number of amides is 1. The van der Waals surface area contributed by atoms with Crippen molar-refractivity contribution in [2.45, 2.75) is 279 Å². The number of carbonyl (C=O) groups is 1. The van der Waals surface area contributed by atoms with Crippen molar-refractivity contribution in [1.82, 2.24) is 5.32 Å². The van der Waals surface area contributed by atoms with Crippen LogP contribution in [0.25, 0.3) is 0 Å². The maximum Gasteiger partial charge on any atom is 0.220 e. The van der Waals surface area contributed by atoms with Gasteiger partial charge in [-0.25, -0.2) is 0 Å². The molecule has 0 aromatic heterocycles. The lowest BCUT2D eigenvalue weighted by Gasteiger charge is -2.48. The third-order valence-corrected chi connectivity index (χ3v) is 14.9. The van der Waals surface area contributed by atoms with E-state index in [1.54, 1.807) is 6.08 Å². The van der Waals surface area contributed by atoms with Crippen LogP contribution >= 0.6 is 0 Å². The number of carbonyl (C=O) groups excluding carboxylic acids is 1. The van der Waals surface area contributed by atoms with Gasteiger partial charge in [0.25, 0.3) is 0 Å². The summed E-state index contributed by atoms with van der Waals surface area (Å²) in [4.78, 5) is 13.3. The van der Waals surface area contributed by atoms with E-state index < -0.39 is 124 Å². The zero-order valence-electron chi connectivity index (χ0n) is 49.2. The van der Waals surface area contributed by atoms with Gasteiger partial charge in [-0.3, -0.25) is 4.79 Å². The van der Waals surface area contributed by atoms with Crippen LogP contribution in [0.4, 0.5) is 0 Å². The van der Waals surface area contributed by atoms with Gasteiger partial charge in [0.05, 0.1) is 38.6 Å². The molecule has 0 spiro atoms. The summed E-state index contributed by atoms with van der Waals surface area (Å²) in [5.74, 6) is -0.308. The number of nitrogens with one attached hydrogen (secondary N) is 1. The molecule has 17 unspecified atom stereocenters. The van der Waals surface area contributed by atoms with E-state index in [0.29, 0.717) is 12.8 Å². The van der Waals surface area contributed by atoms with Crippen molar-refractivity contribution >= 4 is 5.91 Å². The number of rotatable bonds is 44. The Kier molecular flexibility index (Phi) is 40.5. The molecule has 0 bridgehead atoms. The first-order chi connectivity index (χ1) is 39.8. The van der Waals surface area contributed by atoms with E-state index in [1.165, 1.54) is 57.8 Å². The summed E-state index contributed by atoms with van der Waals surface area (Å²) in [6.45, 7) is 1.55. The van der Waals surface area contributed by atoms with Crippen LogP contribution in [0.1, 0.15) is 174 Å². The lowest BCUT2D eigenvalue weighted by molar-refractivity contribution is -0.379. The van der Waals surface area contributed by atoms with Gasteiger partial charge in [0.1, 0.15) is 73.2 Å². The fourth-order valence-corrected chi connectivity index (χ4v) is 9.88. The maximum atomic E-state index is 13.3. The molecule has 3 saturated heterocycles. The number of hydrogen-bond acceptors (Lipinski definition) is 18. The van der Waals surface area contributed by atoms with Gasteiger partial charge in [-0.1, -0.05) is 176 Å². The van der Waals surface area contributed by atoms with Gasteiger partial charge in [0.2, 0.25) is 5.91 Å². The zero-order chi connectivity index (χ0) is 59.7. The second-order valence-electron chi connectivity index (χ2n) is 21.8. The molecule has 1 amide bonds. The number of allylic oxidation sites excluding steroid dienone is 13. The minimum absolute atomic E-state index is 0.208. The van der Waals surface area contributed by atoms with E-state index in [9.17, 15) is 61.0 Å². The summed E-state index contributed by atoms with van der Waals surface area (Å²) in [5.41, 5.74) is 0. The van der Waals surface area contributed by atoms with Crippen LogP contribution in [0, 0.1) is 0 Å². The highest BCUT2D eigenvalue weighted by atomic mass is 16.8. The lowest BCUT2D eigenvalue weighted by atomic mass is 9.96. The first-order valence-electron chi connectivity index (χ1n) is 30.8. The molecule has 0 aromatic rings. The Morgan fingerprint density at radius 2 is 0.854 bits per heavy atom. The molecule has 3 aliphatic heterocycles. The van der Waals surface area contributed by atoms with Crippen molar-refractivity contribution in [3.8, 4) is 0 Å². The summed E-state index contributed by atoms with van der Waals surface area (Å²) >= 11 is 0. The number of ether oxygens (including phenoxy) is 6. The average molecular weight is 1170 g/mol. The molecule has 19 heteroatoms. The molecule has 3 fully saturated rings. The van der Waals surface area contributed by atoms with Gasteiger partial charge in [-0.2, -0.15) is 0 Å². The smallest absolute Gasteiger partial charge is 0.220 e. The van der Waals surface area contributed by atoms with Gasteiger partial charge >= 0.3 is 0 Å². The van der Waals surface area contributed by atoms with E-state index in [2.05, 4.69) is 92.1 Å². The lowest BCUT2D eigenvalue weighted by Crippen LogP contribution is -2.66. The SMILES string of the molecule is CC/C=C\C/C=C\C/C=C\C/C=C\C/C=C\CCCCCCCC(=O)NC(COC1OC(CO)C(OC2OC(CO)C(OC3OC(CO)C(O)C(O)C3O)C(O)C2O)C(O)C1O)C(O)/C=C/CC/C=C/CCCCCCCCCCCC. The predicted octanol–water partition coefficient (Wildman–Crippen LogP) is 5.98. The standard InChI is InChI=1S/C63H107NO18/c1-3-5-7-9-11-13-15-17-19-21-22-23-24-25-27-29-31-33-35-37-39-41-51(69)64-46(47(68)40-38-36-34-32-30-28-26-20-18-16-14-12-10-8-6-4-2)45-77-61-57(75)54(72)59(49(43-66)79-61)82-63-58(76)55(73)60(50(44-67)80-63)81-62-56(74)53(71)52(70)48(42-65)78-62/h5,7,11,13,17,19,22-23,25,27,30,32,38,40,46-50,52-63,65-68,70-76H,3-4,6,8-10,12,14-16,18,20-21,24,26,28-29,31,33-37,39,41-45H2,1-2H3,(H,64,69)/b7-5-,13-11-,19-17-,23-22-,27-25-,32-30+,40-38+. The molecule has 3 heterocycles. The van der Waals surface area contributed by atoms with Crippen molar-refractivity contribution in [3.63, 3.8) is 0 Å². The predicted molar refractivity (Wildman–Crippen MR) is 314 cm³/mol. The Bertz CT molecular complexity index is 1820. The van der Waals surface area contributed by atoms with Gasteiger partial charge < -0.3 is 89.9 Å². The van der Waals surface area contributed by atoms with Crippen LogP contribution in [0.15, 0.2) is 85.1 Å². The molecule has 82 heavy (non-hydrogen) atoms. The monoisotopic (exact) mass is 1170 g/mol. The Balaban J connectivity index is 1.51. The summed E-state index contributed by atoms with van der Waals surface area (Å²) < 4.78 is 34.2. The third-order valence-electron chi connectivity index (χ3n) is 14.9. The maximum absolute atomic E-state index is 13.3. The van der Waals surface area contributed by atoms with Gasteiger partial charge in [-0.05, 0) is 77.0 Å². The topological polar surface area (TPSA) is 307 Å². The Hall–Kier alpha value is -3.03.